The van der Waals surface area contributed by atoms with E-state index in [9.17, 15) is 9.59 Å². The Kier molecular flexibility index (Phi) is 7.37. The summed E-state index contributed by atoms with van der Waals surface area (Å²) in [5.74, 6) is 0.683. The molecule has 1 aliphatic rings. The zero-order chi connectivity index (χ0) is 24.2. The third-order valence-corrected chi connectivity index (χ3v) is 7.19. The fourth-order valence-corrected chi connectivity index (χ4v) is 5.45. The molecule has 0 bridgehead atoms. The van der Waals surface area contributed by atoms with Crippen LogP contribution in [-0.2, 0) is 11.2 Å². The van der Waals surface area contributed by atoms with Crippen LogP contribution in [0.2, 0.25) is 0 Å². The minimum atomic E-state index is -0.152. The molecule has 0 spiro atoms. The number of carbonyl (C=O) groups excluding carboxylic acids is 2. The smallest absolute Gasteiger partial charge is 0.254 e. The molecule has 34 heavy (non-hydrogen) atoms. The molecule has 0 saturated heterocycles. The van der Waals surface area contributed by atoms with Crippen molar-refractivity contribution in [3.05, 3.63) is 87.1 Å². The van der Waals surface area contributed by atoms with Gasteiger partial charge in [-0.25, -0.2) is 0 Å². The summed E-state index contributed by atoms with van der Waals surface area (Å²) < 4.78 is 5.29. The standard InChI is InChI=1S/C28H32N2O3S/c1-19(2)17-29(28(32)22-6-5-7-23(16-22)33-4)18-26(31)30-14-12-25-24(13-15-34-25)27(30)21-10-8-20(3)9-11-21/h5-11,13,15-16,19,27H,12,14,17-18H2,1-4H3. The van der Waals surface area contributed by atoms with E-state index in [1.54, 1.807) is 41.5 Å². The van der Waals surface area contributed by atoms with Gasteiger partial charge >= 0.3 is 0 Å². The Morgan fingerprint density at radius 2 is 1.91 bits per heavy atom. The Balaban J connectivity index is 1.62. The van der Waals surface area contributed by atoms with Crippen molar-refractivity contribution in [2.24, 2.45) is 5.92 Å². The van der Waals surface area contributed by atoms with Gasteiger partial charge in [0.2, 0.25) is 5.91 Å². The van der Waals surface area contributed by atoms with Crippen LogP contribution in [0.1, 0.15) is 51.8 Å². The molecule has 2 amide bonds. The molecular formula is C28H32N2O3S. The number of fused-ring (bicyclic) bond motifs is 1. The average Bonchev–Trinajstić information content (AvgIpc) is 3.32. The number of aryl methyl sites for hydroxylation is 1. The van der Waals surface area contributed by atoms with Gasteiger partial charge in [-0.15, -0.1) is 11.3 Å². The van der Waals surface area contributed by atoms with Gasteiger partial charge in [0.25, 0.3) is 5.91 Å². The van der Waals surface area contributed by atoms with Crippen LogP contribution < -0.4 is 4.74 Å². The number of carbonyl (C=O) groups is 2. The van der Waals surface area contributed by atoms with Crippen molar-refractivity contribution in [3.8, 4) is 5.75 Å². The van der Waals surface area contributed by atoms with Crippen LogP contribution in [-0.4, -0.2) is 48.4 Å². The van der Waals surface area contributed by atoms with Crippen LogP contribution in [0.5, 0.6) is 5.75 Å². The first-order valence-corrected chi connectivity index (χ1v) is 12.6. The van der Waals surface area contributed by atoms with Gasteiger partial charge in [-0.1, -0.05) is 49.7 Å². The first kappa shape index (κ1) is 24.0. The lowest BCUT2D eigenvalue weighted by Crippen LogP contribution is -2.47. The fraction of sp³-hybridized carbons (Fsp3) is 0.357. The van der Waals surface area contributed by atoms with E-state index < -0.39 is 0 Å². The molecule has 4 rings (SSSR count). The van der Waals surface area contributed by atoms with Crippen molar-refractivity contribution in [2.75, 3.05) is 26.7 Å². The van der Waals surface area contributed by atoms with Gasteiger partial charge in [0, 0.05) is 23.5 Å². The topological polar surface area (TPSA) is 49.9 Å². The number of hydrogen-bond donors (Lipinski definition) is 0. The molecule has 1 unspecified atom stereocenters. The Bertz CT molecular complexity index is 1150. The molecule has 2 heterocycles. The molecular weight excluding hydrogens is 444 g/mol. The summed E-state index contributed by atoms with van der Waals surface area (Å²) in [6.45, 7) is 7.39. The SMILES string of the molecule is COc1cccc(C(=O)N(CC(=O)N2CCc3sccc3C2c2ccc(C)cc2)CC(C)C)c1. The number of thiophene rings is 1. The maximum atomic E-state index is 13.7. The van der Waals surface area contributed by atoms with E-state index >= 15 is 0 Å². The van der Waals surface area contributed by atoms with Crippen molar-refractivity contribution >= 4 is 23.2 Å². The third-order valence-electron chi connectivity index (χ3n) is 6.19. The summed E-state index contributed by atoms with van der Waals surface area (Å²) in [5.41, 5.74) is 4.02. The van der Waals surface area contributed by atoms with E-state index in [1.165, 1.54) is 16.0 Å². The van der Waals surface area contributed by atoms with E-state index in [4.69, 9.17) is 4.74 Å². The molecule has 0 radical (unpaired) electrons. The van der Waals surface area contributed by atoms with Gasteiger partial charge in [-0.2, -0.15) is 0 Å². The molecule has 2 aromatic carbocycles. The Morgan fingerprint density at radius 1 is 1.15 bits per heavy atom. The van der Waals surface area contributed by atoms with Crippen molar-refractivity contribution < 1.29 is 14.3 Å². The van der Waals surface area contributed by atoms with Crippen LogP contribution in [0.25, 0.3) is 0 Å². The Labute approximate surface area is 206 Å². The summed E-state index contributed by atoms with van der Waals surface area (Å²) in [5, 5.41) is 2.11. The van der Waals surface area contributed by atoms with Crippen LogP contribution in [0, 0.1) is 12.8 Å². The highest BCUT2D eigenvalue weighted by Crippen LogP contribution is 2.38. The Hall–Kier alpha value is -3.12. The minimum absolute atomic E-state index is 0.0284. The molecule has 178 valence electrons. The van der Waals surface area contributed by atoms with Gasteiger partial charge in [0.05, 0.1) is 13.2 Å². The van der Waals surface area contributed by atoms with E-state index in [-0.39, 0.29) is 30.3 Å². The first-order valence-electron chi connectivity index (χ1n) is 11.7. The van der Waals surface area contributed by atoms with E-state index in [1.807, 2.05) is 11.0 Å². The third kappa shape index (κ3) is 5.17. The molecule has 6 heteroatoms. The molecule has 1 atom stereocenters. The van der Waals surface area contributed by atoms with Crippen molar-refractivity contribution in [3.63, 3.8) is 0 Å². The van der Waals surface area contributed by atoms with Crippen LogP contribution >= 0.6 is 11.3 Å². The zero-order valence-electron chi connectivity index (χ0n) is 20.3. The van der Waals surface area contributed by atoms with Gasteiger partial charge < -0.3 is 14.5 Å². The molecule has 0 aliphatic carbocycles. The zero-order valence-corrected chi connectivity index (χ0v) is 21.1. The number of ether oxygens (including phenoxy) is 1. The second-order valence-electron chi connectivity index (χ2n) is 9.26. The van der Waals surface area contributed by atoms with Crippen molar-refractivity contribution in [2.45, 2.75) is 33.2 Å². The molecule has 3 aromatic rings. The number of amides is 2. The van der Waals surface area contributed by atoms with Crippen molar-refractivity contribution in [1.29, 1.82) is 0 Å². The normalized spacial score (nSPS) is 15.2. The molecule has 0 N–H and O–H groups in total. The summed E-state index contributed by atoms with van der Waals surface area (Å²) in [4.78, 5) is 32.1. The maximum absolute atomic E-state index is 13.7. The molecule has 0 saturated carbocycles. The average molecular weight is 477 g/mol. The summed E-state index contributed by atoms with van der Waals surface area (Å²) in [7, 11) is 1.58. The van der Waals surface area contributed by atoms with Gasteiger partial charge in [-0.05, 0) is 60.0 Å². The number of nitrogens with zero attached hydrogens (tertiary/aromatic N) is 2. The monoisotopic (exact) mass is 476 g/mol. The summed E-state index contributed by atoms with van der Waals surface area (Å²) in [6, 6.07) is 17.5. The Morgan fingerprint density at radius 3 is 2.62 bits per heavy atom. The van der Waals surface area contributed by atoms with E-state index in [0.717, 1.165) is 12.0 Å². The first-order chi connectivity index (χ1) is 16.4. The lowest BCUT2D eigenvalue weighted by Gasteiger charge is -2.38. The quantitative estimate of drug-likeness (QED) is 0.463. The number of methoxy groups -OCH3 is 1. The van der Waals surface area contributed by atoms with Gasteiger partial charge in [0.1, 0.15) is 12.3 Å². The van der Waals surface area contributed by atoms with Gasteiger partial charge in [0.15, 0.2) is 0 Å². The maximum Gasteiger partial charge on any atom is 0.254 e. The fourth-order valence-electron chi connectivity index (χ4n) is 4.55. The number of hydrogen-bond acceptors (Lipinski definition) is 4. The predicted octanol–water partition coefficient (Wildman–Crippen LogP) is 5.34. The second kappa shape index (κ2) is 10.4. The highest BCUT2D eigenvalue weighted by atomic mass is 32.1. The van der Waals surface area contributed by atoms with E-state index in [2.05, 4.69) is 56.5 Å². The summed E-state index contributed by atoms with van der Waals surface area (Å²) in [6.07, 6.45) is 0.842. The highest BCUT2D eigenvalue weighted by molar-refractivity contribution is 7.10. The van der Waals surface area contributed by atoms with Gasteiger partial charge in [-0.3, -0.25) is 9.59 Å². The largest absolute Gasteiger partial charge is 0.497 e. The summed E-state index contributed by atoms with van der Waals surface area (Å²) >= 11 is 1.75. The highest BCUT2D eigenvalue weighted by Gasteiger charge is 2.34. The predicted molar refractivity (Wildman–Crippen MR) is 136 cm³/mol. The molecule has 5 nitrogen and oxygen atoms in total. The molecule has 0 fully saturated rings. The van der Waals surface area contributed by atoms with E-state index in [0.29, 0.717) is 24.4 Å². The number of rotatable bonds is 7. The minimum Gasteiger partial charge on any atom is -0.497 e. The van der Waals surface area contributed by atoms with Crippen LogP contribution in [0.3, 0.4) is 0 Å². The second-order valence-corrected chi connectivity index (χ2v) is 10.3. The van der Waals surface area contributed by atoms with Crippen LogP contribution in [0.4, 0.5) is 0 Å². The molecule has 1 aromatic heterocycles. The lowest BCUT2D eigenvalue weighted by molar-refractivity contribution is -0.134. The van der Waals surface area contributed by atoms with Crippen LogP contribution in [0.15, 0.2) is 60.0 Å². The molecule has 1 aliphatic heterocycles. The lowest BCUT2D eigenvalue weighted by atomic mass is 9.92. The van der Waals surface area contributed by atoms with Crippen molar-refractivity contribution in [1.82, 2.24) is 9.80 Å². The number of benzene rings is 2.